The Bertz CT molecular complexity index is 93.8. The van der Waals surface area contributed by atoms with E-state index in [1.165, 1.54) is 25.7 Å². The van der Waals surface area contributed by atoms with Crippen LogP contribution in [0.5, 0.6) is 0 Å². The number of rotatable bonds is 0. The van der Waals surface area contributed by atoms with Crippen molar-refractivity contribution in [2.75, 3.05) is 0 Å². The first-order valence-electron chi connectivity index (χ1n) is 3.32. The molecule has 0 nitrogen and oxygen atoms in total. The SMILES string of the molecule is C1=CCCCCC=C1.Cl.[Rh]. The van der Waals surface area contributed by atoms with E-state index in [1.54, 1.807) is 0 Å². The predicted molar refractivity (Wildman–Crippen MR) is 44.0 cm³/mol. The van der Waals surface area contributed by atoms with Crippen LogP contribution in [0.2, 0.25) is 0 Å². The van der Waals surface area contributed by atoms with Crippen LogP contribution in [0.3, 0.4) is 0 Å². The molecule has 0 bridgehead atoms. The second-order valence-electron chi connectivity index (χ2n) is 2.14. The third-order valence-corrected chi connectivity index (χ3v) is 1.37. The van der Waals surface area contributed by atoms with E-state index >= 15 is 0 Å². The Morgan fingerprint density at radius 3 is 1.60 bits per heavy atom. The summed E-state index contributed by atoms with van der Waals surface area (Å²) in [6.45, 7) is 0. The molecule has 0 unspecified atom stereocenters. The fourth-order valence-corrected chi connectivity index (χ4v) is 0.874. The van der Waals surface area contributed by atoms with Crippen LogP contribution in [0.1, 0.15) is 25.7 Å². The minimum atomic E-state index is 0. The van der Waals surface area contributed by atoms with Crippen LogP contribution in [-0.4, -0.2) is 0 Å². The minimum Gasteiger partial charge on any atom is -0.147 e. The van der Waals surface area contributed by atoms with Gasteiger partial charge in [-0.25, -0.2) is 0 Å². The zero-order valence-corrected chi connectivity index (χ0v) is 8.33. The number of allylic oxidation sites excluding steroid dienone is 4. The summed E-state index contributed by atoms with van der Waals surface area (Å²) in [5.74, 6) is 0. The van der Waals surface area contributed by atoms with Crippen molar-refractivity contribution in [3.05, 3.63) is 24.3 Å². The number of hydrogen-bond acceptors (Lipinski definition) is 0. The number of hydrogen-bond donors (Lipinski definition) is 0. The fourth-order valence-electron chi connectivity index (χ4n) is 0.874. The molecule has 0 saturated heterocycles. The normalized spacial score (nSPS) is 16.0. The summed E-state index contributed by atoms with van der Waals surface area (Å²) in [6.07, 6.45) is 14.0. The molecule has 0 amide bonds. The Kier molecular flexibility index (Phi) is 12.2. The molecule has 1 aliphatic rings. The summed E-state index contributed by atoms with van der Waals surface area (Å²) in [5, 5.41) is 0. The van der Waals surface area contributed by atoms with E-state index in [1.807, 2.05) is 0 Å². The second kappa shape index (κ2) is 9.39. The van der Waals surface area contributed by atoms with Gasteiger partial charge in [-0.2, -0.15) is 0 Å². The van der Waals surface area contributed by atoms with Crippen LogP contribution in [0.25, 0.3) is 0 Å². The van der Waals surface area contributed by atoms with Crippen LogP contribution in [0, 0.1) is 0 Å². The maximum Gasteiger partial charge on any atom is 0 e. The molecule has 0 saturated carbocycles. The van der Waals surface area contributed by atoms with E-state index in [-0.39, 0.29) is 31.9 Å². The third-order valence-electron chi connectivity index (χ3n) is 1.37. The quantitative estimate of drug-likeness (QED) is 0.577. The van der Waals surface area contributed by atoms with Gasteiger partial charge in [-0.1, -0.05) is 24.3 Å². The van der Waals surface area contributed by atoms with Gasteiger partial charge in [0.05, 0.1) is 0 Å². The first-order chi connectivity index (χ1) is 4.00. The monoisotopic (exact) mass is 247 g/mol. The molecule has 0 fully saturated rings. The first-order valence-corrected chi connectivity index (χ1v) is 3.32. The summed E-state index contributed by atoms with van der Waals surface area (Å²) in [7, 11) is 0. The summed E-state index contributed by atoms with van der Waals surface area (Å²) in [4.78, 5) is 0. The van der Waals surface area contributed by atoms with E-state index < -0.39 is 0 Å². The van der Waals surface area contributed by atoms with Crippen molar-refractivity contribution in [1.82, 2.24) is 0 Å². The van der Waals surface area contributed by atoms with Gasteiger partial charge in [-0.05, 0) is 25.7 Å². The van der Waals surface area contributed by atoms with Gasteiger partial charge in [0.1, 0.15) is 0 Å². The molecule has 61 valence electrons. The maximum absolute atomic E-state index is 2.23. The van der Waals surface area contributed by atoms with Gasteiger partial charge >= 0.3 is 0 Å². The van der Waals surface area contributed by atoms with Gasteiger partial charge in [0.2, 0.25) is 0 Å². The van der Waals surface area contributed by atoms with E-state index in [4.69, 9.17) is 0 Å². The van der Waals surface area contributed by atoms with E-state index in [9.17, 15) is 0 Å². The average molecular weight is 248 g/mol. The van der Waals surface area contributed by atoms with Crippen LogP contribution in [0.4, 0.5) is 0 Å². The molecule has 0 spiro atoms. The molecule has 0 aromatic rings. The summed E-state index contributed by atoms with van der Waals surface area (Å²) in [6, 6.07) is 0. The molecule has 0 aromatic heterocycles. The van der Waals surface area contributed by atoms with Crippen LogP contribution in [-0.2, 0) is 19.5 Å². The summed E-state index contributed by atoms with van der Waals surface area (Å²) < 4.78 is 0. The zero-order chi connectivity index (χ0) is 5.66. The molecule has 0 aromatic carbocycles. The second-order valence-corrected chi connectivity index (χ2v) is 2.14. The topological polar surface area (TPSA) is 0 Å². The Labute approximate surface area is 81.9 Å². The Morgan fingerprint density at radius 1 is 0.800 bits per heavy atom. The molecule has 1 radical (unpaired) electrons. The predicted octanol–water partition coefficient (Wildman–Crippen LogP) is 3.09. The first kappa shape index (κ1) is 13.0. The van der Waals surface area contributed by atoms with Crippen molar-refractivity contribution >= 4 is 12.4 Å². The smallest absolute Gasteiger partial charge is 0 e. The van der Waals surface area contributed by atoms with Crippen LogP contribution in [0.15, 0.2) is 24.3 Å². The van der Waals surface area contributed by atoms with Crippen molar-refractivity contribution in [2.45, 2.75) is 25.7 Å². The Hall–Kier alpha value is 0.393. The van der Waals surface area contributed by atoms with Gasteiger partial charge in [0.15, 0.2) is 0 Å². The van der Waals surface area contributed by atoms with Gasteiger partial charge in [-0.3, -0.25) is 0 Å². The fraction of sp³-hybridized carbons (Fsp3) is 0.500. The van der Waals surface area contributed by atoms with Crippen molar-refractivity contribution in [2.24, 2.45) is 0 Å². The van der Waals surface area contributed by atoms with E-state index in [0.717, 1.165) is 0 Å². The van der Waals surface area contributed by atoms with E-state index in [0.29, 0.717) is 0 Å². The maximum atomic E-state index is 2.23. The largest absolute Gasteiger partial charge is 0.147 e. The molecule has 1 aliphatic carbocycles. The molecule has 0 N–H and O–H groups in total. The molecule has 10 heavy (non-hydrogen) atoms. The average Bonchev–Trinajstić information content (AvgIpc) is 1.62. The van der Waals surface area contributed by atoms with Gasteiger partial charge in [0, 0.05) is 19.5 Å². The molecule has 1 rings (SSSR count). The molecule has 0 atom stereocenters. The van der Waals surface area contributed by atoms with Crippen LogP contribution >= 0.6 is 12.4 Å². The van der Waals surface area contributed by atoms with Gasteiger partial charge in [-0.15, -0.1) is 12.4 Å². The minimum absolute atomic E-state index is 0. The zero-order valence-electron chi connectivity index (χ0n) is 5.88. The molecular formula is C8H13ClRh. The van der Waals surface area contributed by atoms with Crippen molar-refractivity contribution in [1.29, 1.82) is 0 Å². The molecule has 0 heterocycles. The number of halogens is 1. The van der Waals surface area contributed by atoms with Gasteiger partial charge < -0.3 is 0 Å². The molecule has 0 aliphatic heterocycles. The van der Waals surface area contributed by atoms with Crippen molar-refractivity contribution < 1.29 is 19.5 Å². The Morgan fingerprint density at radius 2 is 1.20 bits per heavy atom. The molecular weight excluding hydrogens is 234 g/mol. The van der Waals surface area contributed by atoms with Crippen molar-refractivity contribution in [3.8, 4) is 0 Å². The summed E-state index contributed by atoms with van der Waals surface area (Å²) in [5.41, 5.74) is 0. The van der Waals surface area contributed by atoms with Crippen LogP contribution < -0.4 is 0 Å². The summed E-state index contributed by atoms with van der Waals surface area (Å²) >= 11 is 0. The van der Waals surface area contributed by atoms with Gasteiger partial charge in [0.25, 0.3) is 0 Å². The third kappa shape index (κ3) is 6.51. The molecule has 2 heteroatoms. The standard InChI is InChI=1S/C8H12.ClH.Rh/c1-2-4-6-8-7-5-3-1;;/h1-4H,5-8H2;1H;. The van der Waals surface area contributed by atoms with Crippen molar-refractivity contribution in [3.63, 3.8) is 0 Å². The van der Waals surface area contributed by atoms with E-state index in [2.05, 4.69) is 24.3 Å². The Balaban J connectivity index is 0.